The van der Waals surface area contributed by atoms with Gasteiger partial charge in [0, 0.05) is 91.6 Å². The molecule has 0 saturated heterocycles. The Balaban J connectivity index is 1.16. The van der Waals surface area contributed by atoms with Gasteiger partial charge in [-0.2, -0.15) is 0 Å². The van der Waals surface area contributed by atoms with Gasteiger partial charge in [-0.3, -0.25) is 0 Å². The molecule has 2 aliphatic rings. The van der Waals surface area contributed by atoms with Crippen molar-refractivity contribution in [2.45, 2.75) is 242 Å². The lowest BCUT2D eigenvalue weighted by molar-refractivity contribution is 0.411. The number of hydrogen-bond acceptors (Lipinski definition) is 2. The third-order valence-corrected chi connectivity index (χ3v) is 23.6. The summed E-state index contributed by atoms with van der Waals surface area (Å²) in [4.78, 5) is 4.48. The fraction of sp³-hybridized carbons (Fsp3) is 0.355. The molecule has 0 bridgehead atoms. The summed E-state index contributed by atoms with van der Waals surface area (Å²) in [6, 6.07) is 65.6. The minimum absolute atomic E-state index is 0.193. The van der Waals surface area contributed by atoms with Crippen LogP contribution < -0.4 is 26.2 Å². The van der Waals surface area contributed by atoms with Crippen LogP contribution in [0.25, 0.3) is 99.5 Å². The molecule has 644 valence electrons. The van der Waals surface area contributed by atoms with Gasteiger partial charge in [0.1, 0.15) is 0 Å². The van der Waals surface area contributed by atoms with Crippen molar-refractivity contribution in [1.29, 1.82) is 0 Å². The van der Waals surface area contributed by atoms with Crippen LogP contribution in [-0.2, 0) is 55.5 Å². The molecule has 13 aromatic carbocycles. The predicted octanol–water partition coefficient (Wildman–Crippen LogP) is 32.3. The first kappa shape index (κ1) is 67.4. The number of fused-ring (bicyclic) bond motifs is 10. The molecule has 0 amide bonds. The highest BCUT2D eigenvalue weighted by molar-refractivity contribution is 7.00. The molecule has 4 heterocycles. The molecule has 0 saturated carbocycles. The van der Waals surface area contributed by atoms with Gasteiger partial charge in [-0.25, -0.2) is 0 Å². The Bertz CT molecular complexity index is 7180. The molecule has 0 atom stereocenters. The van der Waals surface area contributed by atoms with E-state index in [4.69, 9.17) is 0 Å². The monoisotopic (exact) mass is 1680 g/mol. The van der Waals surface area contributed by atoms with Crippen molar-refractivity contribution in [2.75, 3.05) is 9.80 Å². The molecule has 2 aliphatic heterocycles. The quantitative estimate of drug-likeness (QED) is 0.0951. The lowest BCUT2D eigenvalue weighted by atomic mass is 9.33. The van der Waals surface area contributed by atoms with Gasteiger partial charge in [0.05, 0.1) is 44.4 Å². The number of rotatable bonds is 15. The van der Waals surface area contributed by atoms with E-state index in [9.17, 15) is 24.7 Å². The van der Waals surface area contributed by atoms with Crippen molar-refractivity contribution in [1.82, 2.24) is 9.13 Å². The van der Waals surface area contributed by atoms with Crippen LogP contribution in [0.5, 0.6) is 0 Å². The first-order chi connectivity index (χ1) is 66.2. The van der Waals surface area contributed by atoms with Crippen molar-refractivity contribution >= 4 is 101 Å². The zero-order chi connectivity index (χ0) is 106. The third kappa shape index (κ3) is 17.9. The molecule has 17 rings (SSSR count). The largest absolute Gasteiger partial charge is 0.310 e. The van der Waals surface area contributed by atoms with Gasteiger partial charge in [0.25, 0.3) is 6.71 Å². The van der Waals surface area contributed by atoms with E-state index in [1.54, 1.807) is 0 Å². The van der Waals surface area contributed by atoms with Gasteiger partial charge in [-0.05, 0) is 279 Å². The summed E-state index contributed by atoms with van der Waals surface area (Å²) in [7, 11) is 0. The molecular formula is C121H137BN4. The molecule has 5 heteroatoms. The van der Waals surface area contributed by atoms with Crippen molar-refractivity contribution in [2.24, 2.45) is 37.9 Å². The van der Waals surface area contributed by atoms with E-state index in [0.29, 0.717) is 174 Å². The highest BCUT2D eigenvalue weighted by Gasteiger charge is 2.47. The number of aromatic nitrogens is 2. The van der Waals surface area contributed by atoms with E-state index in [1.165, 1.54) is 0 Å². The first-order valence-corrected chi connectivity index (χ1v) is 45.2. The summed E-state index contributed by atoms with van der Waals surface area (Å²) in [5.41, 5.74) is 11.7. The Morgan fingerprint density at radius 1 is 0.270 bits per heavy atom. The minimum atomic E-state index is -2.30. The maximum atomic E-state index is 11.3. The first-order valence-electron chi connectivity index (χ1n) is 54.2. The summed E-state index contributed by atoms with van der Waals surface area (Å²) < 4.78 is 187. The summed E-state index contributed by atoms with van der Waals surface area (Å²) >= 11 is 0. The molecule has 15 aromatic rings. The molecule has 0 aliphatic carbocycles. The molecule has 4 nitrogen and oxygen atoms in total. The third-order valence-electron chi connectivity index (χ3n) is 23.6. The highest BCUT2D eigenvalue weighted by atomic mass is 15.2. The Kier molecular flexibility index (Phi) is 16.9. The summed E-state index contributed by atoms with van der Waals surface area (Å²) in [5.74, 6) is 0. The SMILES string of the molecule is [2H]c1c([2H])c([2H])c2c(c1[2H])c1cc(CC(C)(C)C)ccc1n2-c1ccc2c(c1)N(c1c(-c3cccc(C([2H])([2H])C(C)(C)C)c3)cc(C(C)(C)C)cc1-c1cccc(C([2H])([2H])C(C)(C)C)c1)c1cc(C([2H])([2H])C(C)(C)C)cc3c1B2c1ccc(-n2c4ccc(CC(C)(C)C)cc4c4c([2H])c([2H])c([2H])c([2H])c42)cc1N3c1c(-c2cccc(C([2H])([2H])C(C)(C)C)c2)cc(C(C)(C)C)cc1-c1cccc(C([2H])([2H])C(C)(C)C)c1. The maximum Gasteiger partial charge on any atom is 0.252 e. The Morgan fingerprint density at radius 3 is 0.881 bits per heavy atom. The summed E-state index contributed by atoms with van der Waals surface area (Å²) in [6.45, 7) is 53.3. The van der Waals surface area contributed by atoms with Crippen LogP contribution in [0, 0.1) is 37.9 Å². The van der Waals surface area contributed by atoms with Crippen LogP contribution in [0.1, 0.15) is 262 Å². The van der Waals surface area contributed by atoms with Gasteiger partial charge in [0.2, 0.25) is 0 Å². The molecule has 0 unspecified atom stereocenters. The minimum Gasteiger partial charge on any atom is -0.310 e. The second kappa shape index (κ2) is 31.6. The predicted molar refractivity (Wildman–Crippen MR) is 550 cm³/mol. The van der Waals surface area contributed by atoms with E-state index in [2.05, 4.69) is 166 Å². The average molecular weight is 1680 g/mol. The smallest absolute Gasteiger partial charge is 0.252 e. The number of hydrogen-bond donors (Lipinski definition) is 0. The molecule has 0 N–H and O–H groups in total. The van der Waals surface area contributed by atoms with E-state index >= 15 is 0 Å². The number of anilines is 6. The number of nitrogens with zero attached hydrogens (tertiary/aromatic N) is 4. The highest BCUT2D eigenvalue weighted by Crippen LogP contribution is 2.57. The van der Waals surface area contributed by atoms with Gasteiger partial charge in [-0.1, -0.05) is 345 Å². The maximum absolute atomic E-state index is 11.3. The molecule has 0 spiro atoms. The van der Waals surface area contributed by atoms with Gasteiger partial charge >= 0.3 is 0 Å². The normalized spacial score (nSPS) is 16.3. The van der Waals surface area contributed by atoms with Gasteiger partial charge < -0.3 is 18.9 Å². The molecule has 2 aromatic heterocycles. The summed E-state index contributed by atoms with van der Waals surface area (Å²) in [5, 5.41) is 1.87. The topological polar surface area (TPSA) is 16.3 Å². The zero-order valence-electron chi connectivity index (χ0n) is 97.4. The van der Waals surface area contributed by atoms with Gasteiger partial charge in [-0.15, -0.1) is 0 Å². The fourth-order valence-electron chi connectivity index (χ4n) is 19.0. The number of para-hydroxylation sites is 2. The van der Waals surface area contributed by atoms with Crippen molar-refractivity contribution in [3.63, 3.8) is 0 Å². The van der Waals surface area contributed by atoms with Crippen LogP contribution >= 0.6 is 0 Å². The Hall–Kier alpha value is -10.9. The van der Waals surface area contributed by atoms with Crippen LogP contribution in [-0.4, -0.2) is 15.8 Å². The van der Waals surface area contributed by atoms with Crippen molar-refractivity contribution in [3.8, 4) is 55.9 Å². The Morgan fingerprint density at radius 2 is 0.579 bits per heavy atom. The van der Waals surface area contributed by atoms with Crippen LogP contribution in [0.2, 0.25) is 0 Å². The summed E-state index contributed by atoms with van der Waals surface area (Å²) in [6.07, 6.45) is -8.80. The Labute approximate surface area is 781 Å². The lowest BCUT2D eigenvalue weighted by Crippen LogP contribution is -2.61. The molecule has 0 radical (unpaired) electrons. The number of benzene rings is 13. The van der Waals surface area contributed by atoms with Crippen LogP contribution in [0.15, 0.2) is 255 Å². The second-order valence-electron chi connectivity index (χ2n) is 45.4. The van der Waals surface area contributed by atoms with E-state index in [0.717, 1.165) is 22.3 Å². The van der Waals surface area contributed by atoms with E-state index in [-0.39, 0.29) is 63.7 Å². The average Bonchev–Trinajstić information content (AvgIpc) is 0.942. The second-order valence-corrected chi connectivity index (χ2v) is 45.4. The van der Waals surface area contributed by atoms with Gasteiger partial charge in [0.15, 0.2) is 0 Å². The van der Waals surface area contributed by atoms with Crippen LogP contribution in [0.3, 0.4) is 0 Å². The molecule has 126 heavy (non-hydrogen) atoms. The standard InChI is InChI=1S/C121H137BN4/c1-113(2,3)70-77-36-32-40-84(56-77)94-64-88(120(22,23)24)65-95(85-41-33-37-78(57-85)71-114(4,5)6)111(94)125-106-68-90(123-102-46-30-28-44-92(102)98-60-81(48-54-104(98)123)74-117(13,14)15)50-52-100(106)122-101-53-51-91(124-103-47-31-29-45-93(103)99-61-82(49-55-105(99)124)75-118(16,17)18)69-107(101)126(109-63-83(76-119(19,20)21)62-108(125)110(109)122)112-96(86-42-34-38-79(58-86)72-115(7,8)9)66-89(121(25,26)27)67-97(112)87-43-35-39-80(59-87)73-116(10,11)12/h28-69H,70-76H2,1-27H3/i28D,29D,30D,31D,44D,45D,46D,47D,70D2,71D2,72D2,73D2,76D2. The molecular weight excluding hydrogens is 1520 g/mol. The van der Waals surface area contributed by atoms with E-state index < -0.39 is 88.6 Å². The molecule has 0 fully saturated rings. The van der Waals surface area contributed by atoms with Crippen molar-refractivity contribution < 1.29 is 24.7 Å². The van der Waals surface area contributed by atoms with E-state index in [1.807, 2.05) is 246 Å². The van der Waals surface area contributed by atoms with Crippen LogP contribution in [0.4, 0.5) is 34.1 Å². The zero-order valence-corrected chi connectivity index (χ0v) is 79.4. The van der Waals surface area contributed by atoms with Crippen molar-refractivity contribution in [3.05, 3.63) is 305 Å². The lowest BCUT2D eigenvalue weighted by Gasteiger charge is -2.46. The fourth-order valence-corrected chi connectivity index (χ4v) is 19.0.